The van der Waals surface area contributed by atoms with Crippen molar-refractivity contribution in [3.63, 3.8) is 0 Å². The van der Waals surface area contributed by atoms with Crippen LogP contribution in [0.3, 0.4) is 0 Å². The molecule has 142 valence electrons. The molecule has 0 radical (unpaired) electrons. The van der Waals surface area contributed by atoms with Crippen LogP contribution < -0.4 is 0 Å². The summed E-state index contributed by atoms with van der Waals surface area (Å²) in [5, 5.41) is 14.6. The summed E-state index contributed by atoms with van der Waals surface area (Å²) in [6.45, 7) is 2.22. The number of hydrogen-bond donors (Lipinski definition) is 1. The van der Waals surface area contributed by atoms with E-state index in [-0.39, 0.29) is 6.61 Å². The second-order valence-corrected chi connectivity index (χ2v) is 6.69. The molecule has 0 aliphatic heterocycles. The van der Waals surface area contributed by atoms with E-state index in [1.807, 2.05) is 19.1 Å². The second-order valence-electron chi connectivity index (χ2n) is 6.26. The van der Waals surface area contributed by atoms with E-state index in [0.717, 1.165) is 23.3 Å². The van der Waals surface area contributed by atoms with E-state index in [1.54, 1.807) is 22.9 Å². The van der Waals surface area contributed by atoms with Crippen molar-refractivity contribution in [2.24, 2.45) is 0 Å². The highest BCUT2D eigenvalue weighted by atomic mass is 35.5. The zero-order valence-corrected chi connectivity index (χ0v) is 15.3. The van der Waals surface area contributed by atoms with Gasteiger partial charge in [0.1, 0.15) is 0 Å². The average Bonchev–Trinajstić information content (AvgIpc) is 2.94. The highest BCUT2D eigenvalue weighted by Crippen LogP contribution is 2.33. The molecule has 2 aromatic carbocycles. The predicted molar refractivity (Wildman–Crippen MR) is 101 cm³/mol. The minimum Gasteiger partial charge on any atom is -0.396 e. The lowest BCUT2D eigenvalue weighted by atomic mass is 10.1. The second kappa shape index (κ2) is 7.74. The van der Waals surface area contributed by atoms with Crippen molar-refractivity contribution >= 4 is 28.6 Å². The first-order valence-corrected chi connectivity index (χ1v) is 8.77. The Balaban J connectivity index is 2.11. The van der Waals surface area contributed by atoms with Crippen molar-refractivity contribution in [1.82, 2.24) is 9.78 Å². The van der Waals surface area contributed by atoms with Crippen LogP contribution in [0.25, 0.3) is 17.0 Å². The van der Waals surface area contributed by atoms with Gasteiger partial charge in [-0.05, 0) is 60.9 Å². The molecule has 0 saturated carbocycles. The van der Waals surface area contributed by atoms with Gasteiger partial charge in [-0.1, -0.05) is 23.7 Å². The van der Waals surface area contributed by atoms with E-state index in [1.165, 1.54) is 6.07 Å². The molecule has 0 fully saturated rings. The lowest BCUT2D eigenvalue weighted by Gasteiger charge is -2.10. The van der Waals surface area contributed by atoms with Crippen LogP contribution in [0.1, 0.15) is 28.8 Å². The van der Waals surface area contributed by atoms with Gasteiger partial charge < -0.3 is 5.11 Å². The van der Waals surface area contributed by atoms with Crippen molar-refractivity contribution in [3.05, 3.63) is 69.9 Å². The zero-order chi connectivity index (χ0) is 19.6. The van der Waals surface area contributed by atoms with Crippen LogP contribution in [0.15, 0.2) is 42.5 Å². The summed E-state index contributed by atoms with van der Waals surface area (Å²) < 4.78 is 41.0. The Labute approximate surface area is 159 Å². The van der Waals surface area contributed by atoms with Crippen molar-refractivity contribution in [2.45, 2.75) is 26.1 Å². The molecule has 0 atom stereocenters. The molecule has 0 amide bonds. The molecule has 7 heteroatoms. The maximum Gasteiger partial charge on any atom is 0.416 e. The number of aliphatic hydroxyl groups is 1. The molecule has 0 unspecified atom stereocenters. The van der Waals surface area contributed by atoms with Gasteiger partial charge >= 0.3 is 6.18 Å². The molecular weight excluding hydrogens is 377 g/mol. The number of nitrogens with zero attached hydrogens (tertiary/aromatic N) is 2. The minimum atomic E-state index is -4.42. The molecule has 3 aromatic rings. The van der Waals surface area contributed by atoms with E-state index in [0.29, 0.717) is 34.6 Å². The molecule has 3 rings (SSSR count). The number of aryl methyl sites for hydroxylation is 1. The quantitative estimate of drug-likeness (QED) is 0.624. The molecule has 0 aliphatic rings. The highest BCUT2D eigenvalue weighted by Gasteiger charge is 2.31. The van der Waals surface area contributed by atoms with Gasteiger partial charge in [-0.2, -0.15) is 18.3 Å². The fourth-order valence-electron chi connectivity index (χ4n) is 2.89. The van der Waals surface area contributed by atoms with E-state index in [9.17, 15) is 13.2 Å². The number of hydrogen-bond acceptors (Lipinski definition) is 2. The standard InChI is InChI=1S/C20H18ClF3N2O/c1-13-10-16(21)7-5-14(13)12-26-19-11-15(20(22,23)24)6-8-17(19)18(25-26)4-2-3-9-27/h2,4-8,10-11,27H,3,9,12H2,1H3/b4-2+. The molecule has 0 aliphatic carbocycles. The third-order valence-electron chi connectivity index (χ3n) is 4.30. The Bertz CT molecular complexity index is 993. The molecular formula is C20H18ClF3N2O. The van der Waals surface area contributed by atoms with Crippen molar-refractivity contribution in [3.8, 4) is 0 Å². The topological polar surface area (TPSA) is 38.0 Å². The number of benzene rings is 2. The SMILES string of the molecule is Cc1cc(Cl)ccc1Cn1nc(/C=C/CCO)c2ccc(C(F)(F)F)cc21. The van der Waals surface area contributed by atoms with Crippen LogP contribution in [-0.2, 0) is 12.7 Å². The average molecular weight is 395 g/mol. The fraction of sp³-hybridized carbons (Fsp3) is 0.250. The molecule has 27 heavy (non-hydrogen) atoms. The lowest BCUT2D eigenvalue weighted by molar-refractivity contribution is -0.137. The summed E-state index contributed by atoms with van der Waals surface area (Å²) in [4.78, 5) is 0. The molecule has 0 spiro atoms. The van der Waals surface area contributed by atoms with Crippen molar-refractivity contribution in [1.29, 1.82) is 0 Å². The third-order valence-corrected chi connectivity index (χ3v) is 4.54. The zero-order valence-electron chi connectivity index (χ0n) is 14.6. The van der Waals surface area contributed by atoms with Crippen LogP contribution >= 0.6 is 11.6 Å². The molecule has 3 nitrogen and oxygen atoms in total. The molecule has 0 saturated heterocycles. The molecule has 0 bridgehead atoms. The number of fused-ring (bicyclic) bond motifs is 1. The number of aromatic nitrogens is 2. The van der Waals surface area contributed by atoms with Gasteiger partial charge in [0.05, 0.1) is 23.3 Å². The Morgan fingerprint density at radius 3 is 2.63 bits per heavy atom. The summed E-state index contributed by atoms with van der Waals surface area (Å²) >= 11 is 5.98. The maximum atomic E-state index is 13.2. The van der Waals surface area contributed by atoms with Gasteiger partial charge in [-0.15, -0.1) is 0 Å². The Morgan fingerprint density at radius 2 is 1.96 bits per heavy atom. The van der Waals surface area contributed by atoms with Crippen molar-refractivity contribution in [2.75, 3.05) is 6.61 Å². The fourth-order valence-corrected chi connectivity index (χ4v) is 3.11. The van der Waals surface area contributed by atoms with E-state index in [4.69, 9.17) is 16.7 Å². The first kappa shape index (κ1) is 19.5. The van der Waals surface area contributed by atoms with Crippen molar-refractivity contribution < 1.29 is 18.3 Å². The Hall–Kier alpha value is -2.31. The number of halogens is 4. The maximum absolute atomic E-state index is 13.2. The van der Waals surface area contributed by atoms with E-state index < -0.39 is 11.7 Å². The van der Waals surface area contributed by atoms with Gasteiger partial charge in [0.2, 0.25) is 0 Å². The number of rotatable bonds is 5. The summed E-state index contributed by atoms with van der Waals surface area (Å²) in [6.07, 6.45) is -0.508. The Morgan fingerprint density at radius 1 is 1.19 bits per heavy atom. The third kappa shape index (κ3) is 4.34. The normalized spacial score (nSPS) is 12.4. The smallest absolute Gasteiger partial charge is 0.396 e. The monoisotopic (exact) mass is 394 g/mol. The molecule has 1 N–H and O–H groups in total. The largest absolute Gasteiger partial charge is 0.416 e. The van der Waals surface area contributed by atoms with Crippen LogP contribution in [0.2, 0.25) is 5.02 Å². The first-order valence-electron chi connectivity index (χ1n) is 8.40. The van der Waals surface area contributed by atoms with Gasteiger partial charge in [0, 0.05) is 17.0 Å². The summed E-state index contributed by atoms with van der Waals surface area (Å²) in [7, 11) is 0. The van der Waals surface area contributed by atoms with Gasteiger partial charge in [0.25, 0.3) is 0 Å². The number of aliphatic hydroxyl groups excluding tert-OH is 1. The van der Waals surface area contributed by atoms with Crippen LogP contribution in [0.4, 0.5) is 13.2 Å². The lowest BCUT2D eigenvalue weighted by Crippen LogP contribution is -2.06. The summed E-state index contributed by atoms with van der Waals surface area (Å²) in [6, 6.07) is 9.03. The molecule has 1 aromatic heterocycles. The molecule has 1 heterocycles. The summed E-state index contributed by atoms with van der Waals surface area (Å²) in [5.74, 6) is 0. The van der Waals surface area contributed by atoms with Crippen LogP contribution in [0, 0.1) is 6.92 Å². The summed E-state index contributed by atoms with van der Waals surface area (Å²) in [5.41, 5.74) is 2.12. The number of alkyl halides is 3. The highest BCUT2D eigenvalue weighted by molar-refractivity contribution is 6.30. The van der Waals surface area contributed by atoms with Gasteiger partial charge in [-0.25, -0.2) is 0 Å². The minimum absolute atomic E-state index is 0.00265. The van der Waals surface area contributed by atoms with Crippen LogP contribution in [0.5, 0.6) is 0 Å². The van der Waals surface area contributed by atoms with E-state index in [2.05, 4.69) is 5.10 Å². The van der Waals surface area contributed by atoms with Gasteiger partial charge in [0.15, 0.2) is 0 Å². The predicted octanol–water partition coefficient (Wildman–Crippen LogP) is 5.46. The van der Waals surface area contributed by atoms with Crippen LogP contribution in [-0.4, -0.2) is 21.5 Å². The first-order chi connectivity index (χ1) is 12.8. The van der Waals surface area contributed by atoms with E-state index >= 15 is 0 Å². The Kier molecular flexibility index (Phi) is 5.58. The van der Waals surface area contributed by atoms with Gasteiger partial charge in [-0.3, -0.25) is 4.68 Å².